The predicted octanol–water partition coefficient (Wildman–Crippen LogP) is 0.731. The number of allylic oxidation sites excluding steroid dienone is 3. The first kappa shape index (κ1) is 12.6. The minimum Gasteiger partial charge on any atom is -0.368 e. The zero-order chi connectivity index (χ0) is 13.2. The van der Waals surface area contributed by atoms with Crippen molar-refractivity contribution in [2.24, 2.45) is 27.4 Å². The molecule has 0 aromatic carbocycles. The maximum atomic E-state index is 5.82. The molecule has 18 heavy (non-hydrogen) atoms. The van der Waals surface area contributed by atoms with E-state index in [4.69, 9.17) is 16.3 Å². The van der Waals surface area contributed by atoms with Crippen molar-refractivity contribution in [3.63, 3.8) is 0 Å². The quantitative estimate of drug-likeness (QED) is 0.771. The van der Waals surface area contributed by atoms with Crippen LogP contribution in [-0.4, -0.2) is 29.3 Å². The first-order chi connectivity index (χ1) is 8.49. The summed E-state index contributed by atoms with van der Waals surface area (Å²) in [7, 11) is 0. The van der Waals surface area contributed by atoms with E-state index in [9.17, 15) is 0 Å². The summed E-state index contributed by atoms with van der Waals surface area (Å²) < 4.78 is 0. The molecule has 1 atom stereocenters. The average molecular weight is 249 g/mol. The Bertz CT molecular complexity index is 436. The molecule has 4 N–H and O–H groups in total. The minimum atomic E-state index is -0.635. The number of hydrogen-bond acceptors (Lipinski definition) is 6. The van der Waals surface area contributed by atoms with Crippen LogP contribution in [0.3, 0.4) is 0 Å². The number of guanidine groups is 2. The van der Waals surface area contributed by atoms with Crippen LogP contribution in [0.4, 0.5) is 0 Å². The summed E-state index contributed by atoms with van der Waals surface area (Å²) in [5, 5.41) is 1.51. The lowest BCUT2D eigenvalue weighted by Gasteiger charge is -2.37. The first-order valence-electron chi connectivity index (χ1n) is 5.95. The third kappa shape index (κ3) is 2.70. The summed E-state index contributed by atoms with van der Waals surface area (Å²) >= 11 is 0. The lowest BCUT2D eigenvalue weighted by atomic mass is 10.0. The standard InChI is InChI=1S/C12H19N5O/c1-12(2)16-10(13)15-11(14)17(12)18-8-9-6-4-3-5-7-9/h3-6,9H,7-8H2,1-2H3,(H4,13,14,15,16). The van der Waals surface area contributed by atoms with E-state index in [1.54, 1.807) is 0 Å². The Morgan fingerprint density at radius 1 is 1.44 bits per heavy atom. The normalized spacial score (nSPS) is 25.9. The van der Waals surface area contributed by atoms with Crippen LogP contribution in [0.2, 0.25) is 0 Å². The fourth-order valence-corrected chi connectivity index (χ4v) is 1.94. The highest BCUT2D eigenvalue weighted by Crippen LogP contribution is 2.21. The van der Waals surface area contributed by atoms with Gasteiger partial charge in [-0.1, -0.05) is 24.3 Å². The Labute approximate surface area is 107 Å². The van der Waals surface area contributed by atoms with E-state index >= 15 is 0 Å². The summed E-state index contributed by atoms with van der Waals surface area (Å²) in [6.45, 7) is 4.28. The smallest absolute Gasteiger partial charge is 0.226 e. The van der Waals surface area contributed by atoms with Gasteiger partial charge in [0.1, 0.15) is 0 Å². The lowest BCUT2D eigenvalue weighted by Crippen LogP contribution is -2.54. The maximum absolute atomic E-state index is 5.82. The zero-order valence-corrected chi connectivity index (χ0v) is 10.7. The fraction of sp³-hybridized carbons (Fsp3) is 0.500. The molecule has 0 aromatic rings. The Balaban J connectivity index is 1.98. The molecule has 0 aromatic heterocycles. The van der Waals surface area contributed by atoms with Gasteiger partial charge < -0.3 is 11.5 Å². The molecule has 98 valence electrons. The van der Waals surface area contributed by atoms with Crippen molar-refractivity contribution in [2.75, 3.05) is 6.61 Å². The number of nitrogens with zero attached hydrogens (tertiary/aromatic N) is 3. The third-order valence-corrected chi connectivity index (χ3v) is 2.81. The molecule has 0 amide bonds. The molecule has 0 fully saturated rings. The van der Waals surface area contributed by atoms with E-state index < -0.39 is 5.66 Å². The number of rotatable bonds is 3. The molecule has 2 aliphatic rings. The lowest BCUT2D eigenvalue weighted by molar-refractivity contribution is -0.163. The Morgan fingerprint density at radius 3 is 2.83 bits per heavy atom. The van der Waals surface area contributed by atoms with Crippen molar-refractivity contribution in [3.05, 3.63) is 24.3 Å². The SMILES string of the molecule is CC1(C)N=C(N)N=C(N)N1OCC1C=CC=CC1. The fourth-order valence-electron chi connectivity index (χ4n) is 1.94. The first-order valence-corrected chi connectivity index (χ1v) is 5.95. The van der Waals surface area contributed by atoms with Crippen LogP contribution in [0.15, 0.2) is 34.3 Å². The van der Waals surface area contributed by atoms with E-state index in [1.165, 1.54) is 5.06 Å². The van der Waals surface area contributed by atoms with Gasteiger partial charge in [0.2, 0.25) is 11.9 Å². The van der Waals surface area contributed by atoms with Gasteiger partial charge in [-0.05, 0) is 20.3 Å². The molecule has 6 heteroatoms. The van der Waals surface area contributed by atoms with Gasteiger partial charge in [0, 0.05) is 5.92 Å². The van der Waals surface area contributed by atoms with Crippen molar-refractivity contribution in [2.45, 2.75) is 25.9 Å². The van der Waals surface area contributed by atoms with Gasteiger partial charge in [0.05, 0.1) is 6.61 Å². The Morgan fingerprint density at radius 2 is 2.22 bits per heavy atom. The van der Waals surface area contributed by atoms with Crippen LogP contribution in [-0.2, 0) is 4.84 Å². The molecular weight excluding hydrogens is 230 g/mol. The van der Waals surface area contributed by atoms with Crippen LogP contribution in [0, 0.1) is 5.92 Å². The Hall–Kier alpha value is -1.82. The summed E-state index contributed by atoms with van der Waals surface area (Å²) in [4.78, 5) is 13.8. The summed E-state index contributed by atoms with van der Waals surface area (Å²) in [5.41, 5.74) is 10.8. The monoisotopic (exact) mass is 249 g/mol. The summed E-state index contributed by atoms with van der Waals surface area (Å²) in [5.74, 6) is 0.766. The Kier molecular flexibility index (Phi) is 3.38. The molecule has 1 aliphatic heterocycles. The van der Waals surface area contributed by atoms with Crippen molar-refractivity contribution in [1.82, 2.24) is 5.06 Å². The predicted molar refractivity (Wildman–Crippen MR) is 71.5 cm³/mol. The second-order valence-corrected chi connectivity index (χ2v) is 4.83. The average Bonchev–Trinajstić information content (AvgIpc) is 2.27. The van der Waals surface area contributed by atoms with Gasteiger partial charge in [0.15, 0.2) is 5.66 Å². The van der Waals surface area contributed by atoms with Crippen LogP contribution in [0.25, 0.3) is 0 Å². The van der Waals surface area contributed by atoms with Crippen LogP contribution < -0.4 is 11.5 Å². The van der Waals surface area contributed by atoms with Crippen molar-refractivity contribution in [3.8, 4) is 0 Å². The van der Waals surface area contributed by atoms with Crippen molar-refractivity contribution < 1.29 is 4.84 Å². The second-order valence-electron chi connectivity index (χ2n) is 4.83. The highest BCUT2D eigenvalue weighted by molar-refractivity contribution is 5.95. The van der Waals surface area contributed by atoms with Gasteiger partial charge in [-0.3, -0.25) is 4.84 Å². The van der Waals surface area contributed by atoms with E-state index in [0.29, 0.717) is 12.5 Å². The topological polar surface area (TPSA) is 89.2 Å². The highest BCUT2D eigenvalue weighted by Gasteiger charge is 2.33. The van der Waals surface area contributed by atoms with Crippen molar-refractivity contribution >= 4 is 11.9 Å². The van der Waals surface area contributed by atoms with Crippen LogP contribution in [0.5, 0.6) is 0 Å². The number of aliphatic imine (C=N–C) groups is 2. The van der Waals surface area contributed by atoms with Gasteiger partial charge >= 0.3 is 0 Å². The minimum absolute atomic E-state index is 0.179. The van der Waals surface area contributed by atoms with Crippen molar-refractivity contribution in [1.29, 1.82) is 0 Å². The molecule has 2 rings (SSSR count). The maximum Gasteiger partial charge on any atom is 0.226 e. The molecule has 0 spiro atoms. The van der Waals surface area contributed by atoms with Crippen LogP contribution >= 0.6 is 0 Å². The molecule has 1 unspecified atom stereocenters. The molecule has 0 saturated carbocycles. The van der Waals surface area contributed by atoms with Gasteiger partial charge in [0.25, 0.3) is 0 Å². The second kappa shape index (κ2) is 4.81. The third-order valence-electron chi connectivity index (χ3n) is 2.81. The number of hydrogen-bond donors (Lipinski definition) is 2. The van der Waals surface area contributed by atoms with Gasteiger partial charge in [-0.25, -0.2) is 4.99 Å². The molecule has 0 bridgehead atoms. The van der Waals surface area contributed by atoms with E-state index in [0.717, 1.165) is 6.42 Å². The van der Waals surface area contributed by atoms with Gasteiger partial charge in [-0.15, -0.1) is 0 Å². The van der Waals surface area contributed by atoms with Crippen LogP contribution in [0.1, 0.15) is 20.3 Å². The van der Waals surface area contributed by atoms with E-state index in [-0.39, 0.29) is 11.9 Å². The van der Waals surface area contributed by atoms with E-state index in [1.807, 2.05) is 26.0 Å². The molecule has 1 aliphatic carbocycles. The zero-order valence-electron chi connectivity index (χ0n) is 10.7. The summed E-state index contributed by atoms with van der Waals surface area (Å²) in [6, 6.07) is 0. The summed E-state index contributed by atoms with van der Waals surface area (Å²) in [6.07, 6.45) is 9.24. The van der Waals surface area contributed by atoms with E-state index in [2.05, 4.69) is 22.1 Å². The number of nitrogens with two attached hydrogens (primary N) is 2. The molecule has 6 nitrogen and oxygen atoms in total. The molecular formula is C12H19N5O. The largest absolute Gasteiger partial charge is 0.368 e. The molecule has 0 saturated heterocycles. The highest BCUT2D eigenvalue weighted by atomic mass is 16.7. The molecule has 0 radical (unpaired) electrons. The van der Waals surface area contributed by atoms with Gasteiger partial charge in [-0.2, -0.15) is 10.1 Å². The number of hydroxylamine groups is 2. The molecule has 1 heterocycles.